The smallest absolute Gasteiger partial charge is 0.0568 e. The molecule has 2 saturated carbocycles. The monoisotopic (exact) mass is 268 g/mol. The van der Waals surface area contributed by atoms with Crippen molar-refractivity contribution < 1.29 is 10.2 Å². The third-order valence-corrected chi connectivity index (χ3v) is 5.77. The van der Waals surface area contributed by atoms with E-state index in [1.54, 1.807) is 0 Å². The van der Waals surface area contributed by atoms with Crippen molar-refractivity contribution in [2.24, 2.45) is 23.7 Å². The van der Waals surface area contributed by atoms with Crippen LogP contribution in [0, 0.1) is 23.7 Å². The Balaban J connectivity index is 1.80. The van der Waals surface area contributed by atoms with E-state index in [1.165, 1.54) is 32.1 Å². The molecule has 2 aliphatic rings. The van der Waals surface area contributed by atoms with Crippen LogP contribution < -0.4 is 0 Å². The fraction of sp³-hybridized carbons (Fsp3) is 1.00. The van der Waals surface area contributed by atoms with E-state index < -0.39 is 0 Å². The maximum absolute atomic E-state index is 9.97. The zero-order valence-corrected chi connectivity index (χ0v) is 12.7. The molecule has 0 aromatic carbocycles. The minimum absolute atomic E-state index is 0.0437. The van der Waals surface area contributed by atoms with Crippen molar-refractivity contribution in [2.75, 3.05) is 0 Å². The molecule has 2 aliphatic carbocycles. The first kappa shape index (κ1) is 15.3. The molecule has 0 aromatic rings. The molecule has 2 rings (SSSR count). The Kier molecular flexibility index (Phi) is 5.70. The van der Waals surface area contributed by atoms with Crippen molar-refractivity contribution in [1.29, 1.82) is 0 Å². The summed E-state index contributed by atoms with van der Waals surface area (Å²) in [6.07, 6.45) is 10.3. The lowest BCUT2D eigenvalue weighted by molar-refractivity contribution is 0.0326. The van der Waals surface area contributed by atoms with Crippen molar-refractivity contribution in [3.8, 4) is 0 Å². The van der Waals surface area contributed by atoms with Gasteiger partial charge in [0.2, 0.25) is 0 Å². The number of rotatable bonds is 4. The Morgan fingerprint density at radius 1 is 1.05 bits per heavy atom. The maximum atomic E-state index is 9.97. The van der Waals surface area contributed by atoms with Gasteiger partial charge in [0.15, 0.2) is 0 Å². The first-order valence-electron chi connectivity index (χ1n) is 8.46. The first-order valence-corrected chi connectivity index (χ1v) is 8.46. The molecule has 112 valence electrons. The Morgan fingerprint density at radius 2 is 1.84 bits per heavy atom. The predicted octanol–water partition coefficient (Wildman–Crippen LogP) is 3.75. The lowest BCUT2D eigenvalue weighted by Crippen LogP contribution is -2.31. The molecule has 2 N–H and O–H groups in total. The van der Waals surface area contributed by atoms with Gasteiger partial charge in [0, 0.05) is 0 Å². The lowest BCUT2D eigenvalue weighted by Gasteiger charge is -2.37. The van der Waals surface area contributed by atoms with E-state index in [2.05, 4.69) is 13.8 Å². The highest BCUT2D eigenvalue weighted by atomic mass is 16.3. The zero-order chi connectivity index (χ0) is 13.8. The largest absolute Gasteiger partial charge is 0.393 e. The van der Waals surface area contributed by atoms with Crippen LogP contribution in [-0.2, 0) is 0 Å². The van der Waals surface area contributed by atoms with Crippen LogP contribution in [0.1, 0.15) is 71.6 Å². The van der Waals surface area contributed by atoms with Gasteiger partial charge in [-0.3, -0.25) is 0 Å². The van der Waals surface area contributed by atoms with Gasteiger partial charge in [0.05, 0.1) is 12.2 Å². The second kappa shape index (κ2) is 7.08. The highest BCUT2D eigenvalue weighted by molar-refractivity contribution is 4.83. The van der Waals surface area contributed by atoms with Gasteiger partial charge in [-0.2, -0.15) is 0 Å². The molecule has 0 aliphatic heterocycles. The van der Waals surface area contributed by atoms with E-state index >= 15 is 0 Å². The molecular weight excluding hydrogens is 236 g/mol. The summed E-state index contributed by atoms with van der Waals surface area (Å²) in [6, 6.07) is 0. The van der Waals surface area contributed by atoms with Gasteiger partial charge in [-0.25, -0.2) is 0 Å². The molecule has 0 radical (unpaired) electrons. The molecule has 0 amide bonds. The van der Waals surface area contributed by atoms with Crippen LogP contribution in [0.25, 0.3) is 0 Å². The minimum atomic E-state index is -0.0481. The Morgan fingerprint density at radius 3 is 2.53 bits per heavy atom. The normalized spacial score (nSPS) is 42.0. The van der Waals surface area contributed by atoms with Gasteiger partial charge >= 0.3 is 0 Å². The molecule has 2 fully saturated rings. The quantitative estimate of drug-likeness (QED) is 0.815. The average Bonchev–Trinajstić information content (AvgIpc) is 2.41. The van der Waals surface area contributed by atoms with Crippen molar-refractivity contribution in [3.63, 3.8) is 0 Å². The third-order valence-electron chi connectivity index (χ3n) is 5.77. The molecule has 0 aromatic heterocycles. The molecule has 0 bridgehead atoms. The Hall–Kier alpha value is -0.0800. The van der Waals surface area contributed by atoms with Gasteiger partial charge in [-0.15, -0.1) is 0 Å². The molecule has 0 heterocycles. The fourth-order valence-corrected chi connectivity index (χ4v) is 4.43. The second-order valence-electron chi connectivity index (χ2n) is 7.21. The van der Waals surface area contributed by atoms with Crippen LogP contribution in [0.5, 0.6) is 0 Å². The van der Waals surface area contributed by atoms with Gasteiger partial charge in [0.1, 0.15) is 0 Å². The predicted molar refractivity (Wildman–Crippen MR) is 78.9 cm³/mol. The first-order chi connectivity index (χ1) is 9.10. The number of aliphatic hydroxyl groups is 2. The highest BCUT2D eigenvalue weighted by Crippen LogP contribution is 2.39. The number of hydrogen-bond donors (Lipinski definition) is 2. The van der Waals surface area contributed by atoms with E-state index in [0.29, 0.717) is 5.92 Å². The van der Waals surface area contributed by atoms with Crippen molar-refractivity contribution >= 4 is 0 Å². The standard InChI is InChI=1S/C17H32O2/c1-3-14-10-13(7-8-17(14)19)9-12(2)15-5-4-6-16(18)11-15/h12-19H,3-11H2,1-2H3/t12?,13?,14-,15?,16?,17+/m1/s1. The van der Waals surface area contributed by atoms with Crippen LogP contribution in [0.4, 0.5) is 0 Å². The molecule has 6 atom stereocenters. The fourth-order valence-electron chi connectivity index (χ4n) is 4.43. The molecule has 2 nitrogen and oxygen atoms in total. The molecule has 19 heavy (non-hydrogen) atoms. The van der Waals surface area contributed by atoms with Gasteiger partial charge in [-0.1, -0.05) is 33.1 Å². The SMILES string of the molecule is CC[C@@H]1CC(CC(C)C2CCCC(O)C2)CC[C@@H]1O. The Labute approximate surface area is 118 Å². The molecule has 0 spiro atoms. The van der Waals surface area contributed by atoms with Crippen molar-refractivity contribution in [1.82, 2.24) is 0 Å². The summed E-state index contributed by atoms with van der Waals surface area (Å²) in [6.45, 7) is 4.59. The maximum Gasteiger partial charge on any atom is 0.0568 e. The van der Waals surface area contributed by atoms with Gasteiger partial charge < -0.3 is 10.2 Å². The number of aliphatic hydroxyl groups excluding tert-OH is 2. The molecular formula is C17H32O2. The van der Waals surface area contributed by atoms with Gasteiger partial charge in [-0.05, 0) is 62.2 Å². The van der Waals surface area contributed by atoms with Gasteiger partial charge in [0.25, 0.3) is 0 Å². The molecule has 0 saturated heterocycles. The third kappa shape index (κ3) is 4.19. The highest BCUT2D eigenvalue weighted by Gasteiger charge is 2.31. The van der Waals surface area contributed by atoms with E-state index in [-0.39, 0.29) is 12.2 Å². The summed E-state index contributed by atoms with van der Waals surface area (Å²) in [5, 5.41) is 19.8. The summed E-state index contributed by atoms with van der Waals surface area (Å²) in [5.41, 5.74) is 0. The Bertz CT molecular complexity index is 266. The van der Waals surface area contributed by atoms with E-state index in [9.17, 15) is 10.2 Å². The molecule has 2 heteroatoms. The van der Waals surface area contributed by atoms with Crippen LogP contribution in [0.15, 0.2) is 0 Å². The summed E-state index contributed by atoms with van der Waals surface area (Å²) in [4.78, 5) is 0. The minimum Gasteiger partial charge on any atom is -0.393 e. The average molecular weight is 268 g/mol. The van der Waals surface area contributed by atoms with Crippen LogP contribution in [0.2, 0.25) is 0 Å². The molecule has 4 unspecified atom stereocenters. The van der Waals surface area contributed by atoms with Crippen LogP contribution in [0.3, 0.4) is 0 Å². The zero-order valence-electron chi connectivity index (χ0n) is 12.7. The van der Waals surface area contributed by atoms with E-state index in [0.717, 1.165) is 43.4 Å². The van der Waals surface area contributed by atoms with Crippen LogP contribution >= 0.6 is 0 Å². The summed E-state index contributed by atoms with van der Waals surface area (Å²) >= 11 is 0. The van der Waals surface area contributed by atoms with E-state index in [1.807, 2.05) is 0 Å². The summed E-state index contributed by atoms with van der Waals surface area (Å²) in [7, 11) is 0. The summed E-state index contributed by atoms with van der Waals surface area (Å²) in [5.74, 6) is 2.81. The topological polar surface area (TPSA) is 40.5 Å². The van der Waals surface area contributed by atoms with E-state index in [4.69, 9.17) is 0 Å². The lowest BCUT2D eigenvalue weighted by atomic mass is 9.71. The second-order valence-corrected chi connectivity index (χ2v) is 7.21. The van der Waals surface area contributed by atoms with Crippen LogP contribution in [-0.4, -0.2) is 22.4 Å². The summed E-state index contributed by atoms with van der Waals surface area (Å²) < 4.78 is 0. The van der Waals surface area contributed by atoms with Crippen molar-refractivity contribution in [2.45, 2.75) is 83.8 Å². The van der Waals surface area contributed by atoms with Crippen molar-refractivity contribution in [3.05, 3.63) is 0 Å². The number of hydrogen-bond acceptors (Lipinski definition) is 2.